The van der Waals surface area contributed by atoms with Gasteiger partial charge in [-0.25, -0.2) is 9.07 Å². The molecule has 168 valence electrons. The van der Waals surface area contributed by atoms with Gasteiger partial charge in [-0.3, -0.25) is 9.80 Å². The fourth-order valence-corrected chi connectivity index (χ4v) is 5.28. The predicted molar refractivity (Wildman–Crippen MR) is 122 cm³/mol. The molecule has 0 unspecified atom stereocenters. The summed E-state index contributed by atoms with van der Waals surface area (Å²) in [6.45, 7) is 4.35. The van der Waals surface area contributed by atoms with E-state index in [4.69, 9.17) is 0 Å². The van der Waals surface area contributed by atoms with Gasteiger partial charge in [0.2, 0.25) is 0 Å². The fraction of sp³-hybridized carbons (Fsp3) is 0.480. The number of hydrogen-bond acceptors (Lipinski definition) is 5. The van der Waals surface area contributed by atoms with Crippen molar-refractivity contribution in [3.63, 3.8) is 0 Å². The van der Waals surface area contributed by atoms with Crippen LogP contribution in [0.5, 0.6) is 0 Å². The van der Waals surface area contributed by atoms with E-state index in [0.717, 1.165) is 31.7 Å². The van der Waals surface area contributed by atoms with E-state index in [9.17, 15) is 4.39 Å². The lowest BCUT2D eigenvalue weighted by atomic mass is 9.93. The van der Waals surface area contributed by atoms with Gasteiger partial charge in [-0.15, -0.1) is 5.10 Å². The van der Waals surface area contributed by atoms with Gasteiger partial charge in [0.15, 0.2) is 5.82 Å². The summed E-state index contributed by atoms with van der Waals surface area (Å²) in [6, 6.07) is 17.6. The van der Waals surface area contributed by atoms with Gasteiger partial charge < -0.3 is 0 Å². The van der Waals surface area contributed by atoms with E-state index in [-0.39, 0.29) is 11.9 Å². The Labute approximate surface area is 189 Å². The van der Waals surface area contributed by atoms with Crippen LogP contribution in [0.3, 0.4) is 0 Å². The molecule has 1 atom stereocenters. The normalized spacial score (nSPS) is 19.8. The molecule has 3 aromatic rings. The van der Waals surface area contributed by atoms with Crippen LogP contribution < -0.4 is 0 Å². The average molecular weight is 435 g/mol. The highest BCUT2D eigenvalue weighted by molar-refractivity contribution is 5.27. The van der Waals surface area contributed by atoms with E-state index in [2.05, 4.69) is 37.5 Å². The van der Waals surface area contributed by atoms with Crippen molar-refractivity contribution in [3.8, 4) is 0 Å². The highest BCUT2D eigenvalue weighted by atomic mass is 19.1. The van der Waals surface area contributed by atoms with E-state index in [0.29, 0.717) is 24.0 Å². The summed E-state index contributed by atoms with van der Waals surface area (Å²) in [5, 5.41) is 12.6. The SMILES string of the molecule is Fc1ccccc1[C@H](c1nnnn1Cc1ccccc1)N1CCN(C2CCCCC2)CC1. The number of piperazine rings is 1. The smallest absolute Gasteiger partial charge is 0.173 e. The van der Waals surface area contributed by atoms with Crippen LogP contribution in [0.1, 0.15) is 55.1 Å². The molecular weight excluding hydrogens is 403 g/mol. The topological polar surface area (TPSA) is 50.1 Å². The summed E-state index contributed by atoms with van der Waals surface area (Å²) in [5.41, 5.74) is 1.76. The van der Waals surface area contributed by atoms with E-state index in [1.807, 2.05) is 35.0 Å². The van der Waals surface area contributed by atoms with Crippen LogP contribution in [0.15, 0.2) is 54.6 Å². The van der Waals surface area contributed by atoms with Crippen LogP contribution in [0, 0.1) is 5.82 Å². The van der Waals surface area contributed by atoms with Crippen molar-refractivity contribution in [2.45, 2.75) is 50.7 Å². The highest BCUT2D eigenvalue weighted by Crippen LogP contribution is 2.31. The number of hydrogen-bond donors (Lipinski definition) is 0. The minimum atomic E-state index is -0.302. The first-order valence-electron chi connectivity index (χ1n) is 11.8. The Balaban J connectivity index is 1.41. The minimum absolute atomic E-state index is 0.207. The first-order chi connectivity index (χ1) is 15.8. The van der Waals surface area contributed by atoms with Gasteiger partial charge in [-0.1, -0.05) is 67.8 Å². The van der Waals surface area contributed by atoms with Crippen LogP contribution in [0.4, 0.5) is 4.39 Å². The molecule has 2 aliphatic rings. The van der Waals surface area contributed by atoms with E-state index < -0.39 is 0 Å². The monoisotopic (exact) mass is 434 g/mol. The fourth-order valence-electron chi connectivity index (χ4n) is 5.28. The molecule has 0 N–H and O–H groups in total. The summed E-state index contributed by atoms with van der Waals surface area (Å²) in [4.78, 5) is 4.99. The molecule has 7 heteroatoms. The summed E-state index contributed by atoms with van der Waals surface area (Å²) < 4.78 is 16.8. The van der Waals surface area contributed by atoms with Crippen molar-refractivity contribution in [1.29, 1.82) is 0 Å². The molecule has 2 aromatic carbocycles. The maximum absolute atomic E-state index is 15.0. The molecule has 0 radical (unpaired) electrons. The number of benzene rings is 2. The van der Waals surface area contributed by atoms with Gasteiger partial charge in [-0.2, -0.15) is 0 Å². The molecule has 2 heterocycles. The molecule has 1 saturated carbocycles. The first-order valence-corrected chi connectivity index (χ1v) is 11.8. The van der Waals surface area contributed by atoms with Crippen molar-refractivity contribution in [1.82, 2.24) is 30.0 Å². The van der Waals surface area contributed by atoms with Crippen molar-refractivity contribution in [2.75, 3.05) is 26.2 Å². The van der Waals surface area contributed by atoms with E-state index in [1.165, 1.54) is 38.2 Å². The Kier molecular flexibility index (Phi) is 6.55. The average Bonchev–Trinajstić information content (AvgIpc) is 3.30. The van der Waals surface area contributed by atoms with Gasteiger partial charge in [0.05, 0.1) is 6.54 Å². The minimum Gasteiger partial charge on any atom is -0.298 e. The second-order valence-corrected chi connectivity index (χ2v) is 8.97. The van der Waals surface area contributed by atoms with E-state index in [1.54, 1.807) is 6.07 Å². The zero-order chi connectivity index (χ0) is 21.8. The standard InChI is InChI=1S/C25H31FN6/c26-23-14-8-7-13-22(23)24(25-27-28-29-32(25)19-20-9-3-1-4-10-20)31-17-15-30(16-18-31)21-11-5-2-6-12-21/h1,3-4,7-10,13-14,21,24H,2,5-6,11-12,15-19H2/t24-/m1/s1. The number of tetrazole rings is 1. The first kappa shape index (κ1) is 21.2. The van der Waals surface area contributed by atoms with Gasteiger partial charge in [-0.05, 0) is 34.9 Å². The summed E-state index contributed by atoms with van der Waals surface area (Å²) in [5.74, 6) is 0.492. The molecule has 0 spiro atoms. The van der Waals surface area contributed by atoms with Gasteiger partial charge in [0.1, 0.15) is 11.9 Å². The number of aromatic nitrogens is 4. The third-order valence-electron chi connectivity index (χ3n) is 6.98. The van der Waals surface area contributed by atoms with Crippen molar-refractivity contribution < 1.29 is 4.39 Å². The molecule has 1 saturated heterocycles. The number of halogens is 1. The molecular formula is C25H31FN6. The Bertz CT molecular complexity index is 992. The van der Waals surface area contributed by atoms with Crippen molar-refractivity contribution in [2.24, 2.45) is 0 Å². The Morgan fingerprint density at radius 1 is 0.875 bits per heavy atom. The van der Waals surface area contributed by atoms with Crippen LogP contribution >= 0.6 is 0 Å². The lowest BCUT2D eigenvalue weighted by molar-refractivity contribution is 0.0613. The molecule has 1 aromatic heterocycles. The zero-order valence-electron chi connectivity index (χ0n) is 18.5. The lowest BCUT2D eigenvalue weighted by Gasteiger charge is -2.43. The number of nitrogens with zero attached hydrogens (tertiary/aromatic N) is 6. The van der Waals surface area contributed by atoms with Crippen LogP contribution in [0.25, 0.3) is 0 Å². The van der Waals surface area contributed by atoms with Gasteiger partial charge in [0.25, 0.3) is 0 Å². The molecule has 0 amide bonds. The second kappa shape index (κ2) is 9.88. The largest absolute Gasteiger partial charge is 0.298 e. The molecule has 5 rings (SSSR count). The Hall–Kier alpha value is -2.64. The molecule has 0 bridgehead atoms. The third kappa shape index (κ3) is 4.59. The molecule has 2 fully saturated rings. The summed E-state index contributed by atoms with van der Waals surface area (Å²) in [7, 11) is 0. The maximum atomic E-state index is 15.0. The van der Waals surface area contributed by atoms with Crippen molar-refractivity contribution in [3.05, 3.63) is 77.4 Å². The van der Waals surface area contributed by atoms with Crippen molar-refractivity contribution >= 4 is 0 Å². The van der Waals surface area contributed by atoms with Gasteiger partial charge >= 0.3 is 0 Å². The van der Waals surface area contributed by atoms with Gasteiger partial charge in [0, 0.05) is 37.8 Å². The molecule has 6 nitrogen and oxygen atoms in total. The molecule has 1 aliphatic heterocycles. The number of rotatable bonds is 6. The predicted octanol–water partition coefficient (Wildman–Crippen LogP) is 3.90. The third-order valence-corrected chi connectivity index (χ3v) is 6.98. The maximum Gasteiger partial charge on any atom is 0.173 e. The summed E-state index contributed by atoms with van der Waals surface area (Å²) in [6.07, 6.45) is 6.68. The molecule has 1 aliphatic carbocycles. The second-order valence-electron chi connectivity index (χ2n) is 8.97. The van der Waals surface area contributed by atoms with Crippen LogP contribution in [-0.4, -0.2) is 62.2 Å². The van der Waals surface area contributed by atoms with E-state index >= 15 is 0 Å². The van der Waals surface area contributed by atoms with Crippen LogP contribution in [0.2, 0.25) is 0 Å². The lowest BCUT2D eigenvalue weighted by Crippen LogP contribution is -2.52. The Morgan fingerprint density at radius 2 is 1.59 bits per heavy atom. The summed E-state index contributed by atoms with van der Waals surface area (Å²) >= 11 is 0. The van der Waals surface area contributed by atoms with Crippen LogP contribution in [-0.2, 0) is 6.54 Å². The quantitative estimate of drug-likeness (QED) is 0.589. The molecule has 32 heavy (non-hydrogen) atoms. The highest BCUT2D eigenvalue weighted by Gasteiger charge is 2.34. The zero-order valence-corrected chi connectivity index (χ0v) is 18.5. The Morgan fingerprint density at radius 3 is 2.34 bits per heavy atom.